The van der Waals surface area contributed by atoms with E-state index in [0.717, 1.165) is 71.5 Å². The number of ether oxygens (including phenoxy) is 1. The van der Waals surface area contributed by atoms with Gasteiger partial charge in [0.1, 0.15) is 17.9 Å². The third kappa shape index (κ3) is 7.88. The molecule has 4 fully saturated rings. The number of hydrogen-bond acceptors (Lipinski definition) is 9. The van der Waals surface area contributed by atoms with Crippen molar-refractivity contribution in [1.82, 2.24) is 33.7 Å². The molecule has 5 heterocycles. The van der Waals surface area contributed by atoms with E-state index in [1.54, 1.807) is 22.4 Å². The van der Waals surface area contributed by atoms with Crippen molar-refractivity contribution in [3.8, 4) is 11.5 Å². The molecule has 4 aliphatic heterocycles. The van der Waals surface area contributed by atoms with Gasteiger partial charge in [-0.25, -0.2) is 14.4 Å². The zero-order chi connectivity index (χ0) is 34.9. The van der Waals surface area contributed by atoms with E-state index in [-0.39, 0.29) is 34.7 Å². The van der Waals surface area contributed by atoms with Crippen molar-refractivity contribution in [2.45, 2.75) is 65.5 Å². The van der Waals surface area contributed by atoms with Crippen LogP contribution in [0, 0.1) is 23.1 Å². The van der Waals surface area contributed by atoms with Gasteiger partial charge in [0, 0.05) is 76.9 Å². The average molecular weight is 701 g/mol. The van der Waals surface area contributed by atoms with Crippen molar-refractivity contribution in [1.29, 1.82) is 0 Å². The fourth-order valence-electron chi connectivity index (χ4n) is 7.96. The molecule has 12 nitrogen and oxygen atoms in total. The topological polar surface area (TPSA) is 114 Å². The van der Waals surface area contributed by atoms with Crippen LogP contribution in [0.5, 0.6) is 11.5 Å². The molecule has 0 atom stereocenters. The second-order valence-corrected chi connectivity index (χ2v) is 17.2. The van der Waals surface area contributed by atoms with Crippen molar-refractivity contribution < 1.29 is 22.3 Å². The molecule has 1 aromatic carbocycles. The second-order valence-electron chi connectivity index (χ2n) is 15.2. The molecule has 1 aromatic heterocycles. The van der Waals surface area contributed by atoms with Crippen LogP contribution < -0.4 is 15.0 Å². The van der Waals surface area contributed by atoms with Crippen LogP contribution in [0.1, 0.15) is 63.7 Å². The number of nitrogens with zero attached hydrogens (tertiary/aromatic N) is 7. The maximum absolute atomic E-state index is 14.4. The van der Waals surface area contributed by atoms with Crippen LogP contribution >= 0.6 is 0 Å². The van der Waals surface area contributed by atoms with Crippen LogP contribution in [0.4, 0.5) is 10.2 Å². The largest absolute Gasteiger partial charge is 0.451 e. The lowest BCUT2D eigenvalue weighted by Crippen LogP contribution is -2.61. The van der Waals surface area contributed by atoms with Gasteiger partial charge >= 0.3 is 0 Å². The Morgan fingerprint density at radius 3 is 2.33 bits per heavy atom. The highest BCUT2D eigenvalue weighted by Crippen LogP contribution is 2.45. The van der Waals surface area contributed by atoms with Crippen molar-refractivity contribution in [2.75, 3.05) is 77.4 Å². The maximum Gasteiger partial charge on any atom is 0.281 e. The lowest BCUT2D eigenvalue weighted by atomic mass is 9.72. The Bertz CT molecular complexity index is 1560. The third-order valence-electron chi connectivity index (χ3n) is 10.9. The Hall–Kier alpha value is -2.91. The number of piperidine rings is 2. The van der Waals surface area contributed by atoms with Gasteiger partial charge in [0.25, 0.3) is 16.1 Å². The summed E-state index contributed by atoms with van der Waals surface area (Å²) in [4.78, 5) is 28.8. The first-order valence-corrected chi connectivity index (χ1v) is 19.2. The second kappa shape index (κ2) is 14.7. The van der Waals surface area contributed by atoms with Gasteiger partial charge in [0.15, 0.2) is 11.6 Å². The summed E-state index contributed by atoms with van der Waals surface area (Å²) in [6.07, 6.45) is 7.10. The van der Waals surface area contributed by atoms with Crippen LogP contribution in [0.3, 0.4) is 0 Å². The molecule has 2 aromatic rings. The van der Waals surface area contributed by atoms with E-state index >= 15 is 0 Å². The first-order valence-electron chi connectivity index (χ1n) is 17.8. The number of likely N-dealkylation sites (tertiary alicyclic amines) is 1. The first kappa shape index (κ1) is 35.9. The van der Waals surface area contributed by atoms with Crippen LogP contribution in [0.2, 0.25) is 0 Å². The molecule has 14 heteroatoms. The van der Waals surface area contributed by atoms with Gasteiger partial charge in [-0.05, 0) is 96.5 Å². The summed E-state index contributed by atoms with van der Waals surface area (Å²) < 4.78 is 50.1. The highest BCUT2D eigenvalue weighted by Gasteiger charge is 2.46. The fraction of sp³-hybridized carbons (Fsp3) is 0.686. The molecule has 6 rings (SSSR count). The number of carbonyl (C=O) groups excluding carboxylic acids is 1. The number of benzene rings is 1. The Balaban J connectivity index is 1.01. The summed E-state index contributed by atoms with van der Waals surface area (Å²) in [5.41, 5.74) is 0.383. The minimum atomic E-state index is -3.40. The molecule has 0 unspecified atom stereocenters. The summed E-state index contributed by atoms with van der Waals surface area (Å²) in [6.45, 7) is 16.1. The molecule has 0 bridgehead atoms. The number of aromatic nitrogens is 2. The normalized spacial score (nSPS) is 21.0. The number of halogens is 1. The number of anilines is 1. The summed E-state index contributed by atoms with van der Waals surface area (Å²) in [6, 6.07) is 3.92. The molecule has 0 saturated carbocycles. The number of nitrogens with one attached hydrogen (secondary N) is 1. The summed E-state index contributed by atoms with van der Waals surface area (Å²) in [5, 5.41) is 3.22. The Morgan fingerprint density at radius 2 is 1.71 bits per heavy atom. The minimum Gasteiger partial charge on any atom is -0.451 e. The van der Waals surface area contributed by atoms with Gasteiger partial charge in [-0.15, -0.1) is 0 Å². The van der Waals surface area contributed by atoms with Gasteiger partial charge < -0.3 is 24.8 Å². The van der Waals surface area contributed by atoms with Crippen LogP contribution in [0.25, 0.3) is 0 Å². The molecule has 1 N–H and O–H groups in total. The van der Waals surface area contributed by atoms with Crippen molar-refractivity contribution >= 4 is 21.9 Å². The predicted molar refractivity (Wildman–Crippen MR) is 187 cm³/mol. The standard InChI is InChI=1S/C35H53FN8O4S/c1-25(2)44(26(3)4)34(45)30-16-29(36)6-7-31(30)48-32-19-38-24-39-33(32)42-22-35(23-42)10-14-41(15-11-35)21-27-8-12-43(13-9-27)49(46,47)40(5)20-28-17-37-18-28/h6-7,16,19,24-28,37H,8-15,17-18,20-23H2,1-5H3. The number of carbonyl (C=O) groups is 1. The van der Waals surface area contributed by atoms with E-state index in [2.05, 4.69) is 25.1 Å². The number of hydrogen-bond donors (Lipinski definition) is 1. The quantitative estimate of drug-likeness (QED) is 0.354. The van der Waals surface area contributed by atoms with E-state index in [0.29, 0.717) is 43.0 Å². The van der Waals surface area contributed by atoms with E-state index in [1.807, 2.05) is 27.7 Å². The highest BCUT2D eigenvalue weighted by molar-refractivity contribution is 7.86. The third-order valence-corrected chi connectivity index (χ3v) is 12.8. The minimum absolute atomic E-state index is 0.0636. The molecule has 270 valence electrons. The smallest absolute Gasteiger partial charge is 0.281 e. The van der Waals surface area contributed by atoms with Crippen LogP contribution in [0.15, 0.2) is 30.7 Å². The Labute approximate surface area is 291 Å². The first-order chi connectivity index (χ1) is 23.3. The van der Waals surface area contributed by atoms with Crippen LogP contribution in [-0.2, 0) is 10.2 Å². The zero-order valence-electron chi connectivity index (χ0n) is 29.6. The summed E-state index contributed by atoms with van der Waals surface area (Å²) in [7, 11) is -1.69. The van der Waals surface area contributed by atoms with Crippen molar-refractivity contribution in [3.05, 3.63) is 42.1 Å². The van der Waals surface area contributed by atoms with Gasteiger partial charge in [-0.2, -0.15) is 17.0 Å². The number of rotatable bonds is 12. The molecule has 1 amide bonds. The molecule has 4 saturated heterocycles. The van der Waals surface area contributed by atoms with E-state index in [9.17, 15) is 17.6 Å². The lowest BCUT2D eigenvalue weighted by molar-refractivity contribution is 0.0607. The Morgan fingerprint density at radius 1 is 1.04 bits per heavy atom. The van der Waals surface area contributed by atoms with Gasteiger partial charge in [-0.1, -0.05) is 0 Å². The molecule has 4 aliphatic rings. The SMILES string of the molecule is CC(C)N(C(=O)c1cc(F)ccc1Oc1cncnc1N1CC2(CCN(CC3CCN(S(=O)(=O)N(C)CC4CNC4)CC3)CC2)C1)C(C)C. The van der Waals surface area contributed by atoms with Crippen LogP contribution in [-0.4, -0.2) is 127 Å². The fourth-order valence-corrected chi connectivity index (χ4v) is 9.43. The maximum atomic E-state index is 14.4. The lowest BCUT2D eigenvalue weighted by Gasteiger charge is -2.54. The van der Waals surface area contributed by atoms with E-state index < -0.39 is 16.0 Å². The summed E-state index contributed by atoms with van der Waals surface area (Å²) >= 11 is 0. The molecule has 1 spiro atoms. The van der Waals surface area contributed by atoms with Crippen molar-refractivity contribution in [2.24, 2.45) is 17.3 Å². The van der Waals surface area contributed by atoms with E-state index in [1.165, 1.54) is 28.8 Å². The molecular weight excluding hydrogens is 648 g/mol. The predicted octanol–water partition coefficient (Wildman–Crippen LogP) is 3.68. The van der Waals surface area contributed by atoms with Crippen molar-refractivity contribution in [3.63, 3.8) is 0 Å². The molecule has 49 heavy (non-hydrogen) atoms. The molecule has 0 radical (unpaired) electrons. The summed E-state index contributed by atoms with van der Waals surface area (Å²) in [5.74, 6) is 1.53. The van der Waals surface area contributed by atoms with E-state index in [4.69, 9.17) is 4.74 Å². The zero-order valence-corrected chi connectivity index (χ0v) is 30.5. The van der Waals surface area contributed by atoms with Gasteiger partial charge in [0.2, 0.25) is 0 Å². The molecular formula is C35H53FN8O4S. The number of amides is 1. The van der Waals surface area contributed by atoms with Gasteiger partial charge in [0.05, 0.1) is 11.8 Å². The Kier molecular flexibility index (Phi) is 10.8. The average Bonchev–Trinajstić information content (AvgIpc) is 3.03. The highest BCUT2D eigenvalue weighted by atomic mass is 32.2. The van der Waals surface area contributed by atoms with Gasteiger partial charge in [-0.3, -0.25) is 4.79 Å². The molecule has 0 aliphatic carbocycles. The monoisotopic (exact) mass is 700 g/mol.